The van der Waals surface area contributed by atoms with Gasteiger partial charge in [-0.15, -0.1) is 0 Å². The molecule has 2 fully saturated rings. The molecule has 0 radical (unpaired) electrons. The van der Waals surface area contributed by atoms with E-state index in [4.69, 9.17) is 0 Å². The van der Waals surface area contributed by atoms with Gasteiger partial charge in [0.25, 0.3) is 16.1 Å². The summed E-state index contributed by atoms with van der Waals surface area (Å²) in [5.41, 5.74) is 2.46. The van der Waals surface area contributed by atoms with Crippen LogP contribution >= 0.6 is 0 Å². The molecule has 1 amide bonds. The van der Waals surface area contributed by atoms with E-state index in [0.29, 0.717) is 42.9 Å². The molecule has 2 aliphatic heterocycles. The van der Waals surface area contributed by atoms with Crippen LogP contribution in [0.3, 0.4) is 0 Å². The lowest BCUT2D eigenvalue weighted by Gasteiger charge is -2.39. The standard InChI is InChI=1S/C23H27N5O3S/c1-25-10-14-27(15-11-25)32(30,31)28-16-12-26(13-17-28)23(29)22-9-5-4-8-21(22)20-7-3-2-6-19(20)18-24/h2-9H,10-17H2,1H3. The van der Waals surface area contributed by atoms with Crippen LogP contribution in [0, 0.1) is 11.3 Å². The lowest BCUT2D eigenvalue weighted by atomic mass is 9.95. The first-order valence-corrected chi connectivity index (χ1v) is 12.1. The molecule has 2 aliphatic rings. The van der Waals surface area contributed by atoms with Crippen molar-refractivity contribution >= 4 is 16.1 Å². The molecule has 4 rings (SSSR count). The molecule has 0 N–H and O–H groups in total. The minimum atomic E-state index is -3.52. The van der Waals surface area contributed by atoms with Crippen molar-refractivity contribution in [1.82, 2.24) is 18.4 Å². The molecule has 0 aromatic heterocycles. The van der Waals surface area contributed by atoms with Crippen molar-refractivity contribution in [2.75, 3.05) is 59.4 Å². The highest BCUT2D eigenvalue weighted by molar-refractivity contribution is 7.86. The number of carbonyl (C=O) groups is 1. The largest absolute Gasteiger partial charge is 0.336 e. The van der Waals surface area contributed by atoms with Gasteiger partial charge in [0.1, 0.15) is 0 Å². The summed E-state index contributed by atoms with van der Waals surface area (Å²) in [6.45, 7) is 3.64. The van der Waals surface area contributed by atoms with Crippen LogP contribution in [0.4, 0.5) is 0 Å². The van der Waals surface area contributed by atoms with Crippen LogP contribution in [-0.2, 0) is 10.2 Å². The van der Waals surface area contributed by atoms with Crippen molar-refractivity contribution in [2.24, 2.45) is 0 Å². The van der Waals surface area contributed by atoms with Crippen molar-refractivity contribution in [3.8, 4) is 17.2 Å². The predicted molar refractivity (Wildman–Crippen MR) is 122 cm³/mol. The smallest absolute Gasteiger partial charge is 0.282 e. The monoisotopic (exact) mass is 453 g/mol. The number of rotatable bonds is 4. The number of nitrogens with zero attached hydrogens (tertiary/aromatic N) is 5. The highest BCUT2D eigenvalue weighted by Crippen LogP contribution is 2.28. The summed E-state index contributed by atoms with van der Waals surface area (Å²) < 4.78 is 29.0. The fraction of sp³-hybridized carbons (Fsp3) is 0.391. The Labute approximate surface area is 189 Å². The molecule has 0 saturated carbocycles. The van der Waals surface area contributed by atoms with Gasteiger partial charge in [-0.25, -0.2) is 0 Å². The molecule has 0 atom stereocenters. The minimum Gasteiger partial charge on any atom is -0.336 e. The molecule has 32 heavy (non-hydrogen) atoms. The molecule has 8 nitrogen and oxygen atoms in total. The first kappa shape index (κ1) is 22.4. The maximum atomic E-state index is 13.3. The second-order valence-electron chi connectivity index (χ2n) is 8.10. The van der Waals surface area contributed by atoms with E-state index >= 15 is 0 Å². The highest BCUT2D eigenvalue weighted by atomic mass is 32.2. The zero-order valence-corrected chi connectivity index (χ0v) is 19.0. The van der Waals surface area contributed by atoms with Crippen molar-refractivity contribution in [3.63, 3.8) is 0 Å². The fourth-order valence-electron chi connectivity index (χ4n) is 4.19. The zero-order valence-electron chi connectivity index (χ0n) is 18.1. The predicted octanol–water partition coefficient (Wildman–Crippen LogP) is 1.48. The van der Waals surface area contributed by atoms with Crippen molar-refractivity contribution in [2.45, 2.75) is 0 Å². The van der Waals surface area contributed by atoms with Crippen LogP contribution in [0.1, 0.15) is 15.9 Å². The van der Waals surface area contributed by atoms with Gasteiger partial charge in [-0.05, 0) is 24.7 Å². The van der Waals surface area contributed by atoms with E-state index in [0.717, 1.165) is 18.7 Å². The molecular formula is C23H27N5O3S. The van der Waals surface area contributed by atoms with Crippen molar-refractivity contribution < 1.29 is 13.2 Å². The SMILES string of the molecule is CN1CCN(S(=O)(=O)N2CCN(C(=O)c3ccccc3-c3ccccc3C#N)CC2)CC1. The van der Waals surface area contributed by atoms with Gasteiger partial charge in [0.2, 0.25) is 0 Å². The van der Waals surface area contributed by atoms with Crippen LogP contribution in [-0.4, -0.2) is 92.1 Å². The molecule has 0 bridgehead atoms. The second-order valence-corrected chi connectivity index (χ2v) is 10.0. The molecule has 0 spiro atoms. The fourth-order valence-corrected chi connectivity index (χ4v) is 5.77. The Kier molecular flexibility index (Phi) is 6.58. The molecule has 2 aromatic carbocycles. The number of nitriles is 1. The molecular weight excluding hydrogens is 426 g/mol. The molecule has 2 aromatic rings. The van der Waals surface area contributed by atoms with Gasteiger partial charge >= 0.3 is 0 Å². The highest BCUT2D eigenvalue weighted by Gasteiger charge is 2.35. The van der Waals surface area contributed by atoms with Gasteiger partial charge in [-0.2, -0.15) is 22.3 Å². The normalized spacial score (nSPS) is 18.9. The van der Waals surface area contributed by atoms with E-state index in [1.54, 1.807) is 33.5 Å². The van der Waals surface area contributed by atoms with E-state index in [9.17, 15) is 18.5 Å². The van der Waals surface area contributed by atoms with Gasteiger partial charge in [-0.1, -0.05) is 36.4 Å². The van der Waals surface area contributed by atoms with Crippen molar-refractivity contribution in [1.29, 1.82) is 5.26 Å². The van der Waals surface area contributed by atoms with Gasteiger partial charge in [0.05, 0.1) is 11.6 Å². The summed E-state index contributed by atoms with van der Waals surface area (Å²) in [7, 11) is -1.53. The third-order valence-corrected chi connectivity index (χ3v) is 8.17. The van der Waals surface area contributed by atoms with Crippen LogP contribution in [0.25, 0.3) is 11.1 Å². The number of benzene rings is 2. The molecule has 0 aliphatic carbocycles. The van der Waals surface area contributed by atoms with Gasteiger partial charge < -0.3 is 9.80 Å². The topological polar surface area (TPSA) is 88.0 Å². The first-order valence-electron chi connectivity index (χ1n) is 10.7. The van der Waals surface area contributed by atoms with Crippen LogP contribution in [0.15, 0.2) is 48.5 Å². The van der Waals surface area contributed by atoms with Gasteiger partial charge in [0.15, 0.2) is 0 Å². The average Bonchev–Trinajstić information content (AvgIpc) is 2.84. The van der Waals surface area contributed by atoms with E-state index in [1.165, 1.54) is 4.31 Å². The van der Waals surface area contributed by atoms with E-state index in [1.807, 2.05) is 31.3 Å². The lowest BCUT2D eigenvalue weighted by Crippen LogP contribution is -2.57. The molecule has 9 heteroatoms. The van der Waals surface area contributed by atoms with Crippen LogP contribution in [0.2, 0.25) is 0 Å². The summed E-state index contributed by atoms with van der Waals surface area (Å²) in [5, 5.41) is 9.47. The maximum absolute atomic E-state index is 13.3. The quantitative estimate of drug-likeness (QED) is 0.700. The lowest BCUT2D eigenvalue weighted by molar-refractivity contribution is 0.0693. The van der Waals surface area contributed by atoms with E-state index < -0.39 is 10.2 Å². The number of piperazine rings is 2. The summed E-state index contributed by atoms with van der Waals surface area (Å²) >= 11 is 0. The Balaban J connectivity index is 1.49. The van der Waals surface area contributed by atoms with Crippen LogP contribution in [0.5, 0.6) is 0 Å². The molecule has 2 saturated heterocycles. The summed E-state index contributed by atoms with van der Waals surface area (Å²) in [4.78, 5) is 17.2. The summed E-state index contributed by atoms with van der Waals surface area (Å²) in [6.07, 6.45) is 0. The van der Waals surface area contributed by atoms with Crippen LogP contribution < -0.4 is 0 Å². The van der Waals surface area contributed by atoms with Gasteiger partial charge in [-0.3, -0.25) is 4.79 Å². The Bertz CT molecular complexity index is 1130. The first-order chi connectivity index (χ1) is 15.4. The molecule has 2 heterocycles. The summed E-state index contributed by atoms with van der Waals surface area (Å²) in [5.74, 6) is -0.148. The number of hydrogen-bond acceptors (Lipinski definition) is 5. The minimum absolute atomic E-state index is 0.148. The van der Waals surface area contributed by atoms with Gasteiger partial charge in [0, 0.05) is 63.5 Å². The summed E-state index contributed by atoms with van der Waals surface area (Å²) in [6, 6.07) is 16.7. The number of likely N-dealkylation sites (N-methyl/N-ethyl adjacent to an activating group) is 1. The van der Waals surface area contributed by atoms with Crippen molar-refractivity contribution in [3.05, 3.63) is 59.7 Å². The Hall–Kier alpha value is -2.77. The third kappa shape index (κ3) is 4.40. The zero-order chi connectivity index (χ0) is 22.7. The molecule has 168 valence electrons. The van der Waals surface area contributed by atoms with E-state index in [2.05, 4.69) is 11.0 Å². The Morgan fingerprint density at radius 2 is 1.34 bits per heavy atom. The second kappa shape index (κ2) is 9.38. The number of carbonyl (C=O) groups excluding carboxylic acids is 1. The molecule has 0 unspecified atom stereocenters. The number of hydrogen-bond donors (Lipinski definition) is 0. The third-order valence-electron chi connectivity index (χ3n) is 6.14. The Morgan fingerprint density at radius 3 is 1.97 bits per heavy atom. The number of amides is 1. The van der Waals surface area contributed by atoms with E-state index in [-0.39, 0.29) is 19.0 Å². The maximum Gasteiger partial charge on any atom is 0.282 e. The average molecular weight is 454 g/mol. The Morgan fingerprint density at radius 1 is 0.812 bits per heavy atom.